The van der Waals surface area contributed by atoms with Crippen molar-refractivity contribution in [3.05, 3.63) is 29.8 Å². The van der Waals surface area contributed by atoms with E-state index in [2.05, 4.69) is 0 Å². The topological polar surface area (TPSA) is 40.5 Å². The molecule has 0 aliphatic carbocycles. The maximum Gasteiger partial charge on any atom is 0.0772 e. The third-order valence-corrected chi connectivity index (χ3v) is 2.79. The van der Waals surface area contributed by atoms with Crippen LogP contribution in [0, 0.1) is 0 Å². The number of benzene rings is 1. The first-order valence-corrected chi connectivity index (χ1v) is 5.25. The Morgan fingerprint density at radius 2 is 2.08 bits per heavy atom. The van der Waals surface area contributed by atoms with E-state index in [1.165, 1.54) is 0 Å². The molecule has 0 saturated carbocycles. The van der Waals surface area contributed by atoms with E-state index in [9.17, 15) is 5.11 Å². The molecular weight excluding hydrogens is 184 g/mol. The molecule has 0 amide bonds. The highest BCUT2D eigenvalue weighted by Crippen LogP contribution is 2.26. The summed E-state index contributed by atoms with van der Waals surface area (Å²) in [6.45, 7) is 1.91. The Morgan fingerprint density at radius 1 is 1.38 bits per heavy atom. The molecule has 72 valence electrons. The van der Waals surface area contributed by atoms with Gasteiger partial charge in [-0.3, -0.25) is 0 Å². The minimum atomic E-state index is -0.442. The van der Waals surface area contributed by atoms with Gasteiger partial charge in [-0.1, -0.05) is 18.2 Å². The molecule has 0 radical (unpaired) electrons. The Morgan fingerprint density at radius 3 is 2.69 bits per heavy atom. The van der Waals surface area contributed by atoms with Crippen molar-refractivity contribution in [2.45, 2.75) is 17.9 Å². The summed E-state index contributed by atoms with van der Waals surface area (Å²) in [7, 11) is 0. The first-order valence-electron chi connectivity index (χ1n) is 4.26. The van der Waals surface area contributed by atoms with E-state index in [-0.39, 0.29) is 6.61 Å². The van der Waals surface area contributed by atoms with E-state index in [0.29, 0.717) is 5.75 Å². The van der Waals surface area contributed by atoms with Crippen LogP contribution in [-0.4, -0.2) is 22.6 Å². The molecule has 2 nitrogen and oxygen atoms in total. The summed E-state index contributed by atoms with van der Waals surface area (Å²) in [5, 5.41) is 18.1. The Bertz CT molecular complexity index is 261. The number of aliphatic hydroxyl groups is 2. The van der Waals surface area contributed by atoms with E-state index >= 15 is 0 Å². The van der Waals surface area contributed by atoms with Crippen LogP contribution in [0.2, 0.25) is 0 Å². The third kappa shape index (κ3) is 3.03. The molecule has 0 spiro atoms. The highest BCUT2D eigenvalue weighted by Gasteiger charge is 2.06. The average molecular weight is 198 g/mol. The third-order valence-electron chi connectivity index (χ3n) is 1.72. The molecule has 0 heterocycles. The predicted octanol–water partition coefficient (Wildman–Crippen LogP) is 1.82. The Kier molecular flexibility index (Phi) is 4.28. The van der Waals surface area contributed by atoms with Gasteiger partial charge in [0.1, 0.15) is 0 Å². The van der Waals surface area contributed by atoms with Crippen molar-refractivity contribution in [1.82, 2.24) is 0 Å². The summed E-state index contributed by atoms with van der Waals surface area (Å²) < 4.78 is 0. The Labute approximate surface area is 82.6 Å². The van der Waals surface area contributed by atoms with E-state index in [4.69, 9.17) is 5.11 Å². The molecule has 0 aromatic heterocycles. The summed E-state index contributed by atoms with van der Waals surface area (Å²) in [5.41, 5.74) is 0.931. The zero-order chi connectivity index (χ0) is 9.68. The van der Waals surface area contributed by atoms with E-state index in [1.54, 1.807) is 18.7 Å². The summed E-state index contributed by atoms with van der Waals surface area (Å²) in [6.07, 6.45) is -0.442. The zero-order valence-corrected chi connectivity index (χ0v) is 8.42. The first kappa shape index (κ1) is 10.6. The van der Waals surface area contributed by atoms with Crippen LogP contribution in [0.5, 0.6) is 0 Å². The van der Waals surface area contributed by atoms with Gasteiger partial charge in [0, 0.05) is 10.6 Å². The van der Waals surface area contributed by atoms with Crippen molar-refractivity contribution >= 4 is 11.8 Å². The number of thioether (sulfide) groups is 1. The van der Waals surface area contributed by atoms with Gasteiger partial charge in [-0.2, -0.15) is 0 Å². The van der Waals surface area contributed by atoms with Gasteiger partial charge in [0.25, 0.3) is 0 Å². The molecule has 0 saturated heterocycles. The van der Waals surface area contributed by atoms with Crippen molar-refractivity contribution in [3.8, 4) is 0 Å². The van der Waals surface area contributed by atoms with Crippen molar-refractivity contribution < 1.29 is 10.2 Å². The molecule has 13 heavy (non-hydrogen) atoms. The normalized spacial score (nSPS) is 12.8. The van der Waals surface area contributed by atoms with Crippen LogP contribution in [0.15, 0.2) is 29.2 Å². The van der Waals surface area contributed by atoms with Crippen molar-refractivity contribution in [3.63, 3.8) is 0 Å². The molecule has 1 aromatic rings. The molecule has 0 bridgehead atoms. The lowest BCUT2D eigenvalue weighted by molar-refractivity contribution is 0.196. The van der Waals surface area contributed by atoms with Crippen LogP contribution in [0.3, 0.4) is 0 Å². The van der Waals surface area contributed by atoms with Gasteiger partial charge in [-0.05, 0) is 18.6 Å². The molecule has 1 atom stereocenters. The molecule has 1 aromatic carbocycles. The number of hydrogen-bond acceptors (Lipinski definition) is 3. The smallest absolute Gasteiger partial charge is 0.0772 e. The second kappa shape index (κ2) is 5.27. The number of hydrogen-bond donors (Lipinski definition) is 2. The van der Waals surface area contributed by atoms with Crippen LogP contribution in [0.25, 0.3) is 0 Å². The first-order chi connectivity index (χ1) is 6.25. The minimum Gasteiger partial charge on any atom is -0.396 e. The Hall–Kier alpha value is -0.510. The molecule has 1 rings (SSSR count). The lowest BCUT2D eigenvalue weighted by Gasteiger charge is -2.10. The summed E-state index contributed by atoms with van der Waals surface area (Å²) in [4.78, 5) is 1.05. The van der Waals surface area contributed by atoms with Gasteiger partial charge in [0.05, 0.1) is 12.7 Å². The van der Waals surface area contributed by atoms with Crippen LogP contribution < -0.4 is 0 Å². The van der Waals surface area contributed by atoms with Gasteiger partial charge in [-0.15, -0.1) is 11.8 Å². The summed E-state index contributed by atoms with van der Waals surface area (Å²) in [5.74, 6) is 0.670. The van der Waals surface area contributed by atoms with Gasteiger partial charge in [0.2, 0.25) is 0 Å². The largest absolute Gasteiger partial charge is 0.396 e. The van der Waals surface area contributed by atoms with Gasteiger partial charge < -0.3 is 10.2 Å². The molecule has 0 aliphatic rings. The molecule has 1 unspecified atom stereocenters. The predicted molar refractivity (Wildman–Crippen MR) is 54.9 cm³/mol. The van der Waals surface area contributed by atoms with Crippen molar-refractivity contribution in [2.24, 2.45) is 0 Å². The summed E-state index contributed by atoms with van der Waals surface area (Å²) >= 11 is 1.57. The highest BCUT2D eigenvalue weighted by molar-refractivity contribution is 7.99. The maximum absolute atomic E-state index is 9.43. The Balaban J connectivity index is 2.78. The lowest BCUT2D eigenvalue weighted by atomic mass is 10.1. The molecule has 0 fully saturated rings. The second-order valence-corrected chi connectivity index (χ2v) is 3.92. The van der Waals surface area contributed by atoms with Crippen LogP contribution in [-0.2, 0) is 0 Å². The quantitative estimate of drug-likeness (QED) is 0.725. The fourth-order valence-corrected chi connectivity index (χ4v) is 2.00. The van der Waals surface area contributed by atoms with Crippen LogP contribution >= 0.6 is 11.8 Å². The zero-order valence-electron chi connectivity index (χ0n) is 7.60. The molecule has 0 aliphatic heterocycles. The van der Waals surface area contributed by atoms with E-state index < -0.39 is 6.10 Å². The van der Waals surface area contributed by atoms with Crippen molar-refractivity contribution in [2.75, 3.05) is 12.4 Å². The fraction of sp³-hybridized carbons (Fsp3) is 0.400. The molecule has 3 heteroatoms. The van der Waals surface area contributed by atoms with Gasteiger partial charge >= 0.3 is 0 Å². The monoisotopic (exact) mass is 198 g/mol. The van der Waals surface area contributed by atoms with Gasteiger partial charge in [-0.25, -0.2) is 0 Å². The lowest BCUT2D eigenvalue weighted by Crippen LogP contribution is -1.95. The SMILES string of the molecule is CC(O)c1ccccc1SCCO. The second-order valence-electron chi connectivity index (χ2n) is 2.79. The maximum atomic E-state index is 9.43. The minimum absolute atomic E-state index is 0.165. The molecular formula is C10H14O2S. The van der Waals surface area contributed by atoms with Gasteiger partial charge in [0.15, 0.2) is 0 Å². The standard InChI is InChI=1S/C10H14O2S/c1-8(12)9-4-2-3-5-10(9)13-7-6-11/h2-5,8,11-12H,6-7H2,1H3. The molecule has 2 N–H and O–H groups in total. The number of rotatable bonds is 4. The van der Waals surface area contributed by atoms with Crippen molar-refractivity contribution in [1.29, 1.82) is 0 Å². The van der Waals surface area contributed by atoms with Crippen LogP contribution in [0.1, 0.15) is 18.6 Å². The van der Waals surface area contributed by atoms with Crippen LogP contribution in [0.4, 0.5) is 0 Å². The van der Waals surface area contributed by atoms with E-state index in [1.807, 2.05) is 24.3 Å². The average Bonchev–Trinajstić information content (AvgIpc) is 2.15. The highest BCUT2D eigenvalue weighted by atomic mass is 32.2. The van der Waals surface area contributed by atoms with E-state index in [0.717, 1.165) is 10.5 Å². The summed E-state index contributed by atoms with van der Waals surface area (Å²) in [6, 6.07) is 7.71. The fourth-order valence-electron chi connectivity index (χ4n) is 1.11. The number of aliphatic hydroxyl groups excluding tert-OH is 2.